The summed E-state index contributed by atoms with van der Waals surface area (Å²) < 4.78 is 6.37. The van der Waals surface area contributed by atoms with Gasteiger partial charge in [0.15, 0.2) is 11.7 Å². The van der Waals surface area contributed by atoms with Gasteiger partial charge in [-0.2, -0.15) is 0 Å². The van der Waals surface area contributed by atoms with E-state index in [0.29, 0.717) is 5.75 Å². The Balaban J connectivity index is 1.66. The first-order valence-electron chi connectivity index (χ1n) is 9.79. The zero-order chi connectivity index (χ0) is 23.7. The third-order valence-corrected chi connectivity index (χ3v) is 5.01. The lowest BCUT2D eigenvalue weighted by Gasteiger charge is -2.12. The van der Waals surface area contributed by atoms with Crippen LogP contribution < -0.4 is 26.2 Å². The molecule has 0 spiro atoms. The Kier molecular flexibility index (Phi) is 9.61. The van der Waals surface area contributed by atoms with Gasteiger partial charge in [-0.3, -0.25) is 30.6 Å². The number of rotatable bonds is 7. The van der Waals surface area contributed by atoms with E-state index in [4.69, 9.17) is 17.0 Å². The van der Waals surface area contributed by atoms with Crippen LogP contribution in [0.2, 0.25) is 0 Å². The fourth-order valence-electron chi connectivity index (χ4n) is 2.61. The van der Waals surface area contributed by atoms with Crippen molar-refractivity contribution in [3.63, 3.8) is 0 Å². The summed E-state index contributed by atoms with van der Waals surface area (Å²) in [6.45, 7) is 5.45. The molecular formula is C22H25BrN4O4S. The Morgan fingerprint density at radius 2 is 1.62 bits per heavy atom. The molecule has 0 aliphatic carbocycles. The van der Waals surface area contributed by atoms with Crippen LogP contribution in [-0.2, 0) is 14.4 Å². The number of aryl methyl sites for hydroxylation is 3. The van der Waals surface area contributed by atoms with Crippen LogP contribution in [0.25, 0.3) is 0 Å². The molecule has 0 aliphatic rings. The lowest BCUT2D eigenvalue weighted by molar-refractivity contribution is -0.125. The molecule has 0 fully saturated rings. The van der Waals surface area contributed by atoms with E-state index in [-0.39, 0.29) is 30.5 Å². The second-order valence-electron chi connectivity index (χ2n) is 7.12. The Labute approximate surface area is 200 Å². The molecule has 8 nitrogen and oxygen atoms in total. The number of hydrogen-bond acceptors (Lipinski definition) is 5. The molecule has 3 amide bonds. The summed E-state index contributed by atoms with van der Waals surface area (Å²) >= 11 is 8.33. The van der Waals surface area contributed by atoms with Crippen molar-refractivity contribution in [2.45, 2.75) is 33.6 Å². The van der Waals surface area contributed by atoms with Crippen molar-refractivity contribution >= 4 is 56.7 Å². The Morgan fingerprint density at radius 3 is 2.34 bits per heavy atom. The van der Waals surface area contributed by atoms with Gasteiger partial charge in [0.1, 0.15) is 5.75 Å². The second-order valence-corrected chi connectivity index (χ2v) is 8.44. The fraction of sp³-hybridized carbons (Fsp3) is 0.273. The Morgan fingerprint density at radius 1 is 0.906 bits per heavy atom. The number of ether oxygens (including phenoxy) is 1. The van der Waals surface area contributed by atoms with Crippen molar-refractivity contribution < 1.29 is 19.1 Å². The standard InChI is InChI=1S/C22H25BrN4O4S/c1-13-4-5-14(2)17(10-13)24-19(28)8-9-20(29)26-27-22(32)25-21(30)12-31-18-7-6-16(23)11-15(18)3/h4-7,10-11H,8-9,12H2,1-3H3,(H,24,28)(H,26,29)(H2,25,27,30,32). The number of hydrogen-bond donors (Lipinski definition) is 4. The van der Waals surface area contributed by atoms with Gasteiger partial charge in [0.05, 0.1) is 0 Å². The lowest BCUT2D eigenvalue weighted by Crippen LogP contribution is -2.49. The minimum Gasteiger partial charge on any atom is -0.483 e. The van der Waals surface area contributed by atoms with Gasteiger partial charge >= 0.3 is 0 Å². The van der Waals surface area contributed by atoms with Crippen LogP contribution in [0.3, 0.4) is 0 Å². The average Bonchev–Trinajstić information content (AvgIpc) is 2.72. The van der Waals surface area contributed by atoms with Crippen molar-refractivity contribution in [2.24, 2.45) is 0 Å². The molecule has 32 heavy (non-hydrogen) atoms. The van der Waals surface area contributed by atoms with Crippen molar-refractivity contribution in [3.8, 4) is 5.75 Å². The van der Waals surface area contributed by atoms with Crippen LogP contribution in [0, 0.1) is 20.8 Å². The highest BCUT2D eigenvalue weighted by Crippen LogP contribution is 2.22. The molecular weight excluding hydrogens is 496 g/mol. The quantitative estimate of drug-likeness (QED) is 0.329. The topological polar surface area (TPSA) is 109 Å². The first-order chi connectivity index (χ1) is 15.1. The monoisotopic (exact) mass is 520 g/mol. The Bertz CT molecular complexity index is 1030. The third kappa shape index (κ3) is 8.64. The van der Waals surface area contributed by atoms with E-state index in [1.54, 1.807) is 6.07 Å². The molecule has 0 aliphatic heterocycles. The van der Waals surface area contributed by atoms with Crippen molar-refractivity contribution in [3.05, 3.63) is 57.6 Å². The smallest absolute Gasteiger partial charge is 0.264 e. The van der Waals surface area contributed by atoms with Crippen molar-refractivity contribution in [1.82, 2.24) is 16.2 Å². The minimum atomic E-state index is -0.480. The van der Waals surface area contributed by atoms with Gasteiger partial charge < -0.3 is 10.1 Å². The number of halogens is 1. The minimum absolute atomic E-state index is 0.000394. The fourth-order valence-corrected chi connectivity index (χ4v) is 3.25. The van der Waals surface area contributed by atoms with Crippen LogP contribution in [0.15, 0.2) is 40.9 Å². The van der Waals surface area contributed by atoms with Gasteiger partial charge in [-0.05, 0) is 73.9 Å². The molecule has 0 heterocycles. The number of amides is 3. The predicted molar refractivity (Wildman–Crippen MR) is 130 cm³/mol. The normalized spacial score (nSPS) is 10.1. The van der Waals surface area contributed by atoms with Gasteiger partial charge in [-0.1, -0.05) is 28.1 Å². The summed E-state index contributed by atoms with van der Waals surface area (Å²) in [5.41, 5.74) is 8.34. The summed E-state index contributed by atoms with van der Waals surface area (Å²) in [5, 5.41) is 5.11. The highest BCUT2D eigenvalue weighted by atomic mass is 79.9. The van der Waals surface area contributed by atoms with Gasteiger partial charge in [-0.25, -0.2) is 0 Å². The zero-order valence-electron chi connectivity index (χ0n) is 18.0. The molecule has 10 heteroatoms. The van der Waals surface area contributed by atoms with Crippen LogP contribution >= 0.6 is 28.1 Å². The molecule has 0 unspecified atom stereocenters. The van der Waals surface area contributed by atoms with E-state index in [1.807, 2.05) is 51.1 Å². The number of carbonyl (C=O) groups is 3. The third-order valence-electron chi connectivity index (χ3n) is 4.31. The number of anilines is 1. The van der Waals surface area contributed by atoms with E-state index < -0.39 is 11.8 Å². The highest BCUT2D eigenvalue weighted by molar-refractivity contribution is 9.10. The largest absolute Gasteiger partial charge is 0.483 e. The number of hydrazine groups is 1. The molecule has 2 rings (SSSR count). The molecule has 0 saturated carbocycles. The molecule has 0 aromatic heterocycles. The molecule has 4 N–H and O–H groups in total. The van der Waals surface area contributed by atoms with Gasteiger partial charge in [0, 0.05) is 23.0 Å². The van der Waals surface area contributed by atoms with Crippen molar-refractivity contribution in [2.75, 3.05) is 11.9 Å². The summed E-state index contributed by atoms with van der Waals surface area (Å²) in [4.78, 5) is 36.0. The molecule has 2 aromatic rings. The maximum atomic E-state index is 12.1. The molecule has 2 aromatic carbocycles. The average molecular weight is 521 g/mol. The van der Waals surface area contributed by atoms with E-state index in [2.05, 4.69) is 37.4 Å². The number of nitrogens with one attached hydrogen (secondary N) is 4. The molecule has 0 atom stereocenters. The number of benzene rings is 2. The van der Waals surface area contributed by atoms with E-state index in [0.717, 1.165) is 26.9 Å². The highest BCUT2D eigenvalue weighted by Gasteiger charge is 2.11. The summed E-state index contributed by atoms with van der Waals surface area (Å²) in [6, 6.07) is 11.2. The van der Waals surface area contributed by atoms with Crippen LogP contribution in [0.5, 0.6) is 5.75 Å². The summed E-state index contributed by atoms with van der Waals surface area (Å²) in [7, 11) is 0. The Hall–Kier alpha value is -2.98. The maximum absolute atomic E-state index is 12.1. The first-order valence-corrected chi connectivity index (χ1v) is 11.0. The van der Waals surface area contributed by atoms with Crippen LogP contribution in [0.1, 0.15) is 29.5 Å². The van der Waals surface area contributed by atoms with Crippen molar-refractivity contribution in [1.29, 1.82) is 0 Å². The van der Waals surface area contributed by atoms with Gasteiger partial charge in [0.2, 0.25) is 11.8 Å². The predicted octanol–water partition coefficient (Wildman–Crippen LogP) is 3.19. The van der Waals surface area contributed by atoms with E-state index in [1.165, 1.54) is 0 Å². The van der Waals surface area contributed by atoms with E-state index >= 15 is 0 Å². The van der Waals surface area contributed by atoms with Gasteiger partial charge in [-0.15, -0.1) is 0 Å². The molecule has 0 radical (unpaired) electrons. The molecule has 0 bridgehead atoms. The van der Waals surface area contributed by atoms with E-state index in [9.17, 15) is 14.4 Å². The van der Waals surface area contributed by atoms with Crippen LogP contribution in [-0.4, -0.2) is 29.4 Å². The number of thiocarbonyl (C=S) groups is 1. The first kappa shape index (κ1) is 25.3. The molecule has 0 saturated heterocycles. The van der Waals surface area contributed by atoms with Crippen LogP contribution in [0.4, 0.5) is 5.69 Å². The summed E-state index contributed by atoms with van der Waals surface area (Å²) in [6.07, 6.45) is -0.0490. The second kappa shape index (κ2) is 12.2. The number of carbonyl (C=O) groups excluding carboxylic acids is 3. The SMILES string of the molecule is Cc1ccc(C)c(NC(=O)CCC(=O)NNC(=S)NC(=O)COc2ccc(Br)cc2C)c1. The molecule has 170 valence electrons. The lowest BCUT2D eigenvalue weighted by atomic mass is 10.1. The van der Waals surface area contributed by atoms with Gasteiger partial charge in [0.25, 0.3) is 5.91 Å². The zero-order valence-corrected chi connectivity index (χ0v) is 20.4. The maximum Gasteiger partial charge on any atom is 0.264 e. The summed E-state index contributed by atoms with van der Waals surface area (Å²) in [5.74, 6) is -0.619.